The van der Waals surface area contributed by atoms with Gasteiger partial charge in [0.15, 0.2) is 0 Å². The van der Waals surface area contributed by atoms with Crippen LogP contribution in [-0.4, -0.2) is 6.54 Å². The summed E-state index contributed by atoms with van der Waals surface area (Å²) in [5, 5.41) is 0. The highest BCUT2D eigenvalue weighted by Gasteiger charge is 2.11. The molecule has 1 saturated carbocycles. The zero-order chi connectivity index (χ0) is 7.23. The fourth-order valence-electron chi connectivity index (χ4n) is 1.76. The van der Waals surface area contributed by atoms with Crippen LogP contribution < -0.4 is 11.3 Å². The first kappa shape index (κ1) is 15.0. The Morgan fingerprint density at radius 1 is 1.08 bits per heavy atom. The number of halogens is 2. The third kappa shape index (κ3) is 6.06. The highest BCUT2D eigenvalue weighted by atomic mass is 35.5. The smallest absolute Gasteiger partial charge is 0.01000 e. The average molecular weight is 215 g/mol. The number of rotatable bonds is 3. The lowest BCUT2D eigenvalue weighted by atomic mass is 9.87. The fourth-order valence-corrected chi connectivity index (χ4v) is 1.76. The zero-order valence-corrected chi connectivity index (χ0v) is 9.05. The summed E-state index contributed by atoms with van der Waals surface area (Å²) in [4.78, 5) is 0. The Hall–Kier alpha value is 0.500. The van der Waals surface area contributed by atoms with E-state index in [0.29, 0.717) is 0 Å². The van der Waals surface area contributed by atoms with Crippen molar-refractivity contribution < 1.29 is 0 Å². The fraction of sp³-hybridized carbons (Fsp3) is 1.00. The molecule has 0 aromatic carbocycles. The van der Waals surface area contributed by atoms with Crippen molar-refractivity contribution in [2.45, 2.75) is 38.5 Å². The van der Waals surface area contributed by atoms with Crippen LogP contribution in [0.1, 0.15) is 38.5 Å². The second kappa shape index (κ2) is 9.59. The molecule has 3 N–H and O–H groups in total. The van der Waals surface area contributed by atoms with Crippen molar-refractivity contribution in [3.8, 4) is 0 Å². The largest absolute Gasteiger partial charge is 0.271 e. The van der Waals surface area contributed by atoms with Crippen LogP contribution >= 0.6 is 24.8 Å². The maximum atomic E-state index is 5.20. The van der Waals surface area contributed by atoms with Gasteiger partial charge in [0.2, 0.25) is 0 Å². The highest BCUT2D eigenvalue weighted by molar-refractivity contribution is 5.85. The third-order valence-corrected chi connectivity index (χ3v) is 2.42. The average Bonchev–Trinajstić information content (AvgIpc) is 2.03. The van der Waals surface area contributed by atoms with Gasteiger partial charge in [0.05, 0.1) is 0 Å². The Labute approximate surface area is 87.5 Å². The molecular formula is C8H20Cl2N2. The lowest BCUT2D eigenvalue weighted by Crippen LogP contribution is -2.25. The summed E-state index contributed by atoms with van der Waals surface area (Å²) in [6.45, 7) is 0.991. The second-order valence-corrected chi connectivity index (χ2v) is 3.25. The van der Waals surface area contributed by atoms with Gasteiger partial charge in [-0.2, -0.15) is 0 Å². The van der Waals surface area contributed by atoms with Crippen molar-refractivity contribution in [2.24, 2.45) is 11.8 Å². The number of nitrogens with two attached hydrogens (primary N) is 1. The van der Waals surface area contributed by atoms with Crippen molar-refractivity contribution in [2.75, 3.05) is 6.54 Å². The minimum absolute atomic E-state index is 0. The minimum Gasteiger partial charge on any atom is -0.271 e. The van der Waals surface area contributed by atoms with E-state index in [0.717, 1.165) is 12.5 Å². The zero-order valence-electron chi connectivity index (χ0n) is 7.42. The lowest BCUT2D eigenvalue weighted by Gasteiger charge is -2.20. The summed E-state index contributed by atoms with van der Waals surface area (Å²) in [6.07, 6.45) is 8.47. The van der Waals surface area contributed by atoms with E-state index in [2.05, 4.69) is 5.43 Å². The highest BCUT2D eigenvalue weighted by Crippen LogP contribution is 2.25. The molecule has 1 aliphatic rings. The molecule has 1 fully saturated rings. The van der Waals surface area contributed by atoms with E-state index in [1.807, 2.05) is 0 Å². The Kier molecular flexibility index (Phi) is 12.0. The summed E-state index contributed by atoms with van der Waals surface area (Å²) in [5.74, 6) is 6.16. The summed E-state index contributed by atoms with van der Waals surface area (Å²) in [7, 11) is 0. The Morgan fingerprint density at radius 2 is 1.67 bits per heavy atom. The molecule has 0 radical (unpaired) electrons. The molecular weight excluding hydrogens is 195 g/mol. The van der Waals surface area contributed by atoms with Gasteiger partial charge in [0, 0.05) is 6.54 Å². The summed E-state index contributed by atoms with van der Waals surface area (Å²) >= 11 is 0. The van der Waals surface area contributed by atoms with Crippen molar-refractivity contribution >= 4 is 24.8 Å². The van der Waals surface area contributed by atoms with Crippen molar-refractivity contribution in [1.29, 1.82) is 0 Å². The van der Waals surface area contributed by atoms with E-state index in [1.54, 1.807) is 0 Å². The monoisotopic (exact) mass is 214 g/mol. The molecule has 0 spiro atoms. The van der Waals surface area contributed by atoms with E-state index < -0.39 is 0 Å². The van der Waals surface area contributed by atoms with Gasteiger partial charge in [0.1, 0.15) is 0 Å². The Morgan fingerprint density at radius 3 is 2.17 bits per heavy atom. The number of hydrazine groups is 1. The predicted octanol–water partition coefficient (Wildman–Crippen LogP) is 2.26. The van der Waals surface area contributed by atoms with Gasteiger partial charge in [-0.1, -0.05) is 32.1 Å². The number of hydrogen-bond donors (Lipinski definition) is 2. The first-order chi connectivity index (χ1) is 4.93. The van der Waals surface area contributed by atoms with Crippen LogP contribution in [0.2, 0.25) is 0 Å². The van der Waals surface area contributed by atoms with Crippen molar-refractivity contribution in [3.63, 3.8) is 0 Å². The first-order valence-electron chi connectivity index (χ1n) is 4.37. The maximum Gasteiger partial charge on any atom is 0.01000 e. The Bertz CT molecular complexity index is 85.1. The Balaban J connectivity index is 0. The van der Waals surface area contributed by atoms with Gasteiger partial charge in [-0.05, 0) is 12.3 Å². The van der Waals surface area contributed by atoms with Crippen LogP contribution in [0.4, 0.5) is 0 Å². The molecule has 1 aliphatic carbocycles. The standard InChI is InChI=1S/C8H18N2.2ClH/c9-10-7-6-8-4-2-1-3-5-8;;/h8,10H,1-7,9H2;2*1H. The van der Waals surface area contributed by atoms with E-state index in [-0.39, 0.29) is 24.8 Å². The summed E-state index contributed by atoms with van der Waals surface area (Å²) in [5.41, 5.74) is 2.71. The van der Waals surface area contributed by atoms with Gasteiger partial charge in [0.25, 0.3) is 0 Å². The summed E-state index contributed by atoms with van der Waals surface area (Å²) < 4.78 is 0. The predicted molar refractivity (Wildman–Crippen MR) is 57.9 cm³/mol. The number of nitrogens with one attached hydrogen (secondary N) is 1. The van der Waals surface area contributed by atoms with E-state index in [1.165, 1.54) is 38.5 Å². The van der Waals surface area contributed by atoms with E-state index >= 15 is 0 Å². The minimum atomic E-state index is 0. The molecule has 76 valence electrons. The number of hydrogen-bond acceptors (Lipinski definition) is 2. The quantitative estimate of drug-likeness (QED) is 0.559. The van der Waals surface area contributed by atoms with Crippen LogP contribution in [0.25, 0.3) is 0 Å². The lowest BCUT2D eigenvalue weighted by molar-refractivity contribution is 0.335. The molecule has 0 heterocycles. The van der Waals surface area contributed by atoms with Gasteiger partial charge >= 0.3 is 0 Å². The first-order valence-corrected chi connectivity index (χ1v) is 4.37. The van der Waals surface area contributed by atoms with E-state index in [4.69, 9.17) is 5.84 Å². The molecule has 1 rings (SSSR count). The molecule has 0 atom stereocenters. The van der Waals surface area contributed by atoms with Crippen LogP contribution in [0, 0.1) is 5.92 Å². The topological polar surface area (TPSA) is 38.0 Å². The van der Waals surface area contributed by atoms with Crippen LogP contribution in [0.5, 0.6) is 0 Å². The normalized spacial score (nSPS) is 17.8. The van der Waals surface area contributed by atoms with Gasteiger partial charge in [-0.15, -0.1) is 24.8 Å². The van der Waals surface area contributed by atoms with Crippen molar-refractivity contribution in [3.05, 3.63) is 0 Å². The molecule has 0 aromatic rings. The molecule has 0 unspecified atom stereocenters. The molecule has 0 aliphatic heterocycles. The van der Waals surface area contributed by atoms with E-state index in [9.17, 15) is 0 Å². The summed E-state index contributed by atoms with van der Waals surface area (Å²) in [6, 6.07) is 0. The molecule has 0 amide bonds. The molecule has 0 saturated heterocycles. The molecule has 4 heteroatoms. The SMILES string of the molecule is Cl.Cl.NNCCC1CCCCC1. The van der Waals surface area contributed by atoms with Crippen molar-refractivity contribution in [1.82, 2.24) is 5.43 Å². The second-order valence-electron chi connectivity index (χ2n) is 3.25. The molecule has 2 nitrogen and oxygen atoms in total. The van der Waals surface area contributed by atoms with Crippen LogP contribution in [0.15, 0.2) is 0 Å². The van der Waals surface area contributed by atoms with Gasteiger partial charge < -0.3 is 0 Å². The van der Waals surface area contributed by atoms with Gasteiger partial charge in [-0.25, -0.2) is 0 Å². The molecule has 0 bridgehead atoms. The molecule has 12 heavy (non-hydrogen) atoms. The molecule has 0 aromatic heterocycles. The van der Waals surface area contributed by atoms with Gasteiger partial charge in [-0.3, -0.25) is 11.3 Å². The van der Waals surface area contributed by atoms with Crippen LogP contribution in [0.3, 0.4) is 0 Å². The van der Waals surface area contributed by atoms with Crippen LogP contribution in [-0.2, 0) is 0 Å². The maximum absolute atomic E-state index is 5.20. The third-order valence-electron chi connectivity index (χ3n) is 2.42.